The van der Waals surface area contributed by atoms with Crippen molar-refractivity contribution in [2.75, 3.05) is 33.3 Å². The summed E-state index contributed by atoms with van der Waals surface area (Å²) in [5.74, 6) is 1.04. The van der Waals surface area contributed by atoms with Crippen molar-refractivity contribution in [2.45, 2.75) is 26.3 Å². The van der Waals surface area contributed by atoms with Gasteiger partial charge in [0, 0.05) is 23.1 Å². The second kappa shape index (κ2) is 7.27. The predicted octanol–water partition coefficient (Wildman–Crippen LogP) is 2.95. The SMILES string of the molecule is CNCc1cc(Br)cc(C)c1OCCN1CCCC1. The lowest BCUT2D eigenvalue weighted by atomic mass is 10.1. The minimum Gasteiger partial charge on any atom is -0.492 e. The molecule has 106 valence electrons. The van der Waals surface area contributed by atoms with Crippen LogP contribution in [0.2, 0.25) is 0 Å². The largest absolute Gasteiger partial charge is 0.492 e. The van der Waals surface area contributed by atoms with Gasteiger partial charge in [-0.3, -0.25) is 4.90 Å². The maximum atomic E-state index is 6.03. The van der Waals surface area contributed by atoms with E-state index in [4.69, 9.17) is 4.74 Å². The van der Waals surface area contributed by atoms with Crippen molar-refractivity contribution in [1.82, 2.24) is 10.2 Å². The Kier molecular flexibility index (Phi) is 5.67. The predicted molar refractivity (Wildman–Crippen MR) is 82.8 cm³/mol. The molecule has 1 aliphatic rings. The number of hydrogen-bond donors (Lipinski definition) is 1. The van der Waals surface area contributed by atoms with Crippen LogP contribution in [0.1, 0.15) is 24.0 Å². The van der Waals surface area contributed by atoms with E-state index in [0.717, 1.165) is 29.9 Å². The van der Waals surface area contributed by atoms with Gasteiger partial charge in [-0.25, -0.2) is 0 Å². The summed E-state index contributed by atoms with van der Waals surface area (Å²) >= 11 is 3.55. The summed E-state index contributed by atoms with van der Waals surface area (Å²) in [5, 5.41) is 3.20. The third-order valence-corrected chi connectivity index (χ3v) is 3.99. The third-order valence-electron chi connectivity index (χ3n) is 3.54. The normalized spacial score (nSPS) is 15.9. The van der Waals surface area contributed by atoms with E-state index >= 15 is 0 Å². The fraction of sp³-hybridized carbons (Fsp3) is 0.600. The molecule has 1 aromatic rings. The van der Waals surface area contributed by atoms with E-state index in [2.05, 4.69) is 45.2 Å². The fourth-order valence-electron chi connectivity index (χ4n) is 2.61. The maximum absolute atomic E-state index is 6.03. The lowest BCUT2D eigenvalue weighted by molar-refractivity contribution is 0.235. The Hall–Kier alpha value is -0.580. The van der Waals surface area contributed by atoms with Crippen molar-refractivity contribution in [3.8, 4) is 5.75 Å². The average Bonchev–Trinajstić information content (AvgIpc) is 2.86. The molecule has 2 rings (SSSR count). The van der Waals surface area contributed by atoms with Gasteiger partial charge in [0.1, 0.15) is 12.4 Å². The van der Waals surface area contributed by atoms with Gasteiger partial charge in [-0.05, 0) is 57.6 Å². The van der Waals surface area contributed by atoms with E-state index in [0.29, 0.717) is 0 Å². The van der Waals surface area contributed by atoms with Crippen molar-refractivity contribution in [2.24, 2.45) is 0 Å². The van der Waals surface area contributed by atoms with E-state index in [1.54, 1.807) is 0 Å². The fourth-order valence-corrected chi connectivity index (χ4v) is 3.23. The Morgan fingerprint density at radius 1 is 1.32 bits per heavy atom. The zero-order valence-electron chi connectivity index (χ0n) is 11.8. The van der Waals surface area contributed by atoms with Crippen molar-refractivity contribution in [3.63, 3.8) is 0 Å². The van der Waals surface area contributed by atoms with Gasteiger partial charge < -0.3 is 10.1 Å². The number of nitrogens with one attached hydrogen (secondary N) is 1. The molecule has 1 saturated heterocycles. The molecule has 1 N–H and O–H groups in total. The molecule has 1 aliphatic heterocycles. The van der Waals surface area contributed by atoms with Gasteiger partial charge in [0.2, 0.25) is 0 Å². The smallest absolute Gasteiger partial charge is 0.126 e. The van der Waals surface area contributed by atoms with Crippen molar-refractivity contribution >= 4 is 15.9 Å². The van der Waals surface area contributed by atoms with Crippen LogP contribution >= 0.6 is 15.9 Å². The summed E-state index contributed by atoms with van der Waals surface area (Å²) in [4.78, 5) is 2.48. The molecular formula is C15H23BrN2O. The highest BCUT2D eigenvalue weighted by atomic mass is 79.9. The lowest BCUT2D eigenvalue weighted by Gasteiger charge is -2.18. The second-order valence-corrected chi connectivity index (χ2v) is 6.05. The highest BCUT2D eigenvalue weighted by Crippen LogP contribution is 2.28. The molecule has 19 heavy (non-hydrogen) atoms. The van der Waals surface area contributed by atoms with Crippen molar-refractivity contribution < 1.29 is 4.74 Å². The van der Waals surface area contributed by atoms with E-state index < -0.39 is 0 Å². The Morgan fingerprint density at radius 3 is 2.74 bits per heavy atom. The zero-order valence-corrected chi connectivity index (χ0v) is 13.4. The molecule has 4 heteroatoms. The van der Waals surface area contributed by atoms with Gasteiger partial charge in [0.25, 0.3) is 0 Å². The van der Waals surface area contributed by atoms with Crippen LogP contribution in [0, 0.1) is 6.92 Å². The van der Waals surface area contributed by atoms with E-state index in [-0.39, 0.29) is 0 Å². The van der Waals surface area contributed by atoms with Crippen LogP contribution in [0.25, 0.3) is 0 Å². The van der Waals surface area contributed by atoms with Crippen LogP contribution in [0.15, 0.2) is 16.6 Å². The first-order chi connectivity index (χ1) is 9.20. The van der Waals surface area contributed by atoms with Gasteiger partial charge in [0.05, 0.1) is 0 Å². The molecule has 0 aromatic heterocycles. The molecule has 1 fully saturated rings. The highest BCUT2D eigenvalue weighted by molar-refractivity contribution is 9.10. The minimum atomic E-state index is 0.777. The van der Waals surface area contributed by atoms with Gasteiger partial charge in [-0.15, -0.1) is 0 Å². The third kappa shape index (κ3) is 4.20. The number of likely N-dealkylation sites (tertiary alicyclic amines) is 1. The Balaban J connectivity index is 1.97. The number of nitrogens with zero attached hydrogens (tertiary/aromatic N) is 1. The zero-order chi connectivity index (χ0) is 13.7. The van der Waals surface area contributed by atoms with Crippen LogP contribution < -0.4 is 10.1 Å². The molecule has 3 nitrogen and oxygen atoms in total. The van der Waals surface area contributed by atoms with Gasteiger partial charge in [-0.1, -0.05) is 15.9 Å². The summed E-state index contributed by atoms with van der Waals surface area (Å²) in [6, 6.07) is 4.25. The average molecular weight is 327 g/mol. The maximum Gasteiger partial charge on any atom is 0.126 e. The van der Waals surface area contributed by atoms with Gasteiger partial charge >= 0.3 is 0 Å². The summed E-state index contributed by atoms with van der Waals surface area (Å²) < 4.78 is 7.15. The number of rotatable bonds is 6. The van der Waals surface area contributed by atoms with E-state index in [1.807, 2.05) is 7.05 Å². The molecule has 0 aliphatic carbocycles. The van der Waals surface area contributed by atoms with Crippen LogP contribution in [0.4, 0.5) is 0 Å². The second-order valence-electron chi connectivity index (χ2n) is 5.14. The Labute approximate surface area is 124 Å². The molecule has 0 bridgehead atoms. The van der Waals surface area contributed by atoms with Gasteiger partial charge in [-0.2, -0.15) is 0 Å². The molecule has 0 unspecified atom stereocenters. The summed E-state index contributed by atoms with van der Waals surface area (Å²) in [5.41, 5.74) is 2.41. The summed E-state index contributed by atoms with van der Waals surface area (Å²) in [6.45, 7) is 7.21. The van der Waals surface area contributed by atoms with Crippen molar-refractivity contribution in [1.29, 1.82) is 0 Å². The lowest BCUT2D eigenvalue weighted by Crippen LogP contribution is -2.25. The molecule has 0 saturated carbocycles. The first-order valence-corrected chi connectivity index (χ1v) is 7.79. The quantitative estimate of drug-likeness (QED) is 0.869. The van der Waals surface area contributed by atoms with Crippen molar-refractivity contribution in [3.05, 3.63) is 27.7 Å². The Bertz CT molecular complexity index is 417. The Morgan fingerprint density at radius 2 is 2.05 bits per heavy atom. The highest BCUT2D eigenvalue weighted by Gasteiger charge is 2.12. The minimum absolute atomic E-state index is 0.777. The first kappa shape index (κ1) is 14.8. The monoisotopic (exact) mass is 326 g/mol. The van der Waals surface area contributed by atoms with Crippen LogP contribution in [0.3, 0.4) is 0 Å². The molecule has 0 spiro atoms. The molecule has 1 heterocycles. The number of hydrogen-bond acceptors (Lipinski definition) is 3. The van der Waals surface area contributed by atoms with E-state index in [9.17, 15) is 0 Å². The van der Waals surface area contributed by atoms with E-state index in [1.165, 1.54) is 37.1 Å². The number of aryl methyl sites for hydroxylation is 1. The first-order valence-electron chi connectivity index (χ1n) is 6.99. The summed E-state index contributed by atoms with van der Waals surface area (Å²) in [6.07, 6.45) is 2.67. The van der Waals surface area contributed by atoms with Gasteiger partial charge in [0.15, 0.2) is 0 Å². The standard InChI is InChI=1S/C15H23BrN2O/c1-12-9-14(16)10-13(11-17-2)15(12)19-8-7-18-5-3-4-6-18/h9-10,17H,3-8,11H2,1-2H3. The number of benzene rings is 1. The molecule has 0 radical (unpaired) electrons. The van der Waals surface area contributed by atoms with Crippen LogP contribution in [0.5, 0.6) is 5.75 Å². The molecule has 0 atom stereocenters. The topological polar surface area (TPSA) is 24.5 Å². The molecular weight excluding hydrogens is 304 g/mol. The molecule has 1 aromatic carbocycles. The van der Waals surface area contributed by atoms with Crippen LogP contribution in [-0.4, -0.2) is 38.2 Å². The van der Waals surface area contributed by atoms with Crippen LogP contribution in [-0.2, 0) is 6.54 Å². The summed E-state index contributed by atoms with van der Waals surface area (Å²) in [7, 11) is 1.96. The number of halogens is 1. The number of ether oxygens (including phenoxy) is 1. The molecule has 0 amide bonds.